The molecule has 3 N–H and O–H groups in total. The average molecular weight is 274 g/mol. The molecule has 0 unspecified atom stereocenters. The van der Waals surface area contributed by atoms with Gasteiger partial charge in [0.2, 0.25) is 0 Å². The van der Waals surface area contributed by atoms with Gasteiger partial charge < -0.3 is 15.8 Å². The molecule has 0 atom stereocenters. The number of benzene rings is 1. The molecule has 0 fully saturated rings. The van der Waals surface area contributed by atoms with Crippen molar-refractivity contribution in [3.8, 4) is 5.75 Å². The molecule has 6 heteroatoms. The SMILES string of the molecule is Nc1c(NCCCOc2cccc(C=O)c2)c(=O)c1=O. The lowest BCUT2D eigenvalue weighted by atomic mass is 10.2. The van der Waals surface area contributed by atoms with Crippen molar-refractivity contribution in [1.82, 2.24) is 0 Å². The molecular weight excluding hydrogens is 260 g/mol. The van der Waals surface area contributed by atoms with Crippen LogP contribution in [0.5, 0.6) is 5.75 Å². The molecule has 0 heterocycles. The molecule has 104 valence electrons. The maximum Gasteiger partial charge on any atom is 0.253 e. The van der Waals surface area contributed by atoms with Gasteiger partial charge in [-0.15, -0.1) is 0 Å². The van der Waals surface area contributed by atoms with E-state index < -0.39 is 10.9 Å². The van der Waals surface area contributed by atoms with Crippen LogP contribution in [-0.2, 0) is 0 Å². The molecule has 2 rings (SSSR count). The van der Waals surface area contributed by atoms with Crippen LogP contribution in [0.25, 0.3) is 0 Å². The summed E-state index contributed by atoms with van der Waals surface area (Å²) in [5.74, 6) is 0.614. The van der Waals surface area contributed by atoms with Crippen LogP contribution in [-0.4, -0.2) is 19.4 Å². The number of nitrogens with one attached hydrogen (secondary N) is 1. The molecule has 0 saturated heterocycles. The van der Waals surface area contributed by atoms with E-state index in [1.807, 2.05) is 0 Å². The van der Waals surface area contributed by atoms with E-state index in [1.54, 1.807) is 24.3 Å². The number of carbonyl (C=O) groups is 1. The molecule has 0 bridgehead atoms. The van der Waals surface area contributed by atoms with Gasteiger partial charge in [-0.3, -0.25) is 14.4 Å². The lowest BCUT2D eigenvalue weighted by molar-refractivity contribution is 0.112. The van der Waals surface area contributed by atoms with Crippen LogP contribution < -0.4 is 26.6 Å². The molecule has 0 amide bonds. The third kappa shape index (κ3) is 2.85. The highest BCUT2D eigenvalue weighted by Crippen LogP contribution is 2.12. The minimum Gasteiger partial charge on any atom is -0.494 e. The Bertz CT molecular complexity index is 687. The number of aldehydes is 1. The number of hydrogen-bond acceptors (Lipinski definition) is 6. The minimum absolute atomic E-state index is 0.00500. The molecule has 0 aliphatic rings. The Morgan fingerprint density at radius 1 is 1.25 bits per heavy atom. The summed E-state index contributed by atoms with van der Waals surface area (Å²) in [6.45, 7) is 0.896. The van der Waals surface area contributed by atoms with Crippen LogP contribution in [0.1, 0.15) is 16.8 Å². The van der Waals surface area contributed by atoms with Crippen molar-refractivity contribution >= 4 is 17.7 Å². The van der Waals surface area contributed by atoms with Gasteiger partial charge in [-0.25, -0.2) is 0 Å². The summed E-state index contributed by atoms with van der Waals surface area (Å²) in [7, 11) is 0. The van der Waals surface area contributed by atoms with E-state index in [2.05, 4.69) is 5.32 Å². The molecule has 0 spiro atoms. The second-order valence-electron chi connectivity index (χ2n) is 4.27. The molecule has 2 aromatic rings. The van der Waals surface area contributed by atoms with E-state index in [0.717, 1.165) is 6.29 Å². The van der Waals surface area contributed by atoms with Crippen LogP contribution in [0.15, 0.2) is 33.9 Å². The number of rotatable bonds is 7. The van der Waals surface area contributed by atoms with Crippen LogP contribution in [0.2, 0.25) is 0 Å². The van der Waals surface area contributed by atoms with Gasteiger partial charge in [-0.1, -0.05) is 12.1 Å². The van der Waals surface area contributed by atoms with E-state index in [4.69, 9.17) is 10.5 Å². The van der Waals surface area contributed by atoms with Gasteiger partial charge in [-0.05, 0) is 18.6 Å². The number of anilines is 2. The Labute approximate surface area is 114 Å². The molecule has 0 aromatic heterocycles. The monoisotopic (exact) mass is 274 g/mol. The highest BCUT2D eigenvalue weighted by atomic mass is 16.5. The molecule has 0 radical (unpaired) electrons. The maximum absolute atomic E-state index is 11.1. The Balaban J connectivity index is 1.73. The van der Waals surface area contributed by atoms with E-state index in [-0.39, 0.29) is 11.4 Å². The van der Waals surface area contributed by atoms with Crippen molar-refractivity contribution in [2.75, 3.05) is 24.2 Å². The second-order valence-corrected chi connectivity index (χ2v) is 4.27. The summed E-state index contributed by atoms with van der Waals surface area (Å²) in [5, 5.41) is 2.81. The highest BCUT2D eigenvalue weighted by molar-refractivity contribution is 5.75. The Morgan fingerprint density at radius 2 is 2.05 bits per heavy atom. The summed E-state index contributed by atoms with van der Waals surface area (Å²) in [6.07, 6.45) is 1.38. The van der Waals surface area contributed by atoms with E-state index in [9.17, 15) is 14.4 Å². The van der Waals surface area contributed by atoms with Gasteiger partial charge in [0.25, 0.3) is 10.9 Å². The average Bonchev–Trinajstić information content (AvgIpc) is 2.50. The largest absolute Gasteiger partial charge is 0.494 e. The Hall–Kier alpha value is -2.63. The van der Waals surface area contributed by atoms with Crippen LogP contribution in [0.3, 0.4) is 0 Å². The summed E-state index contributed by atoms with van der Waals surface area (Å²) in [6, 6.07) is 6.83. The lowest BCUT2D eigenvalue weighted by Gasteiger charge is -2.10. The van der Waals surface area contributed by atoms with Gasteiger partial charge in [0.15, 0.2) is 0 Å². The van der Waals surface area contributed by atoms with Crippen LogP contribution in [0, 0.1) is 0 Å². The van der Waals surface area contributed by atoms with Crippen molar-refractivity contribution in [3.63, 3.8) is 0 Å². The highest BCUT2D eigenvalue weighted by Gasteiger charge is 2.16. The van der Waals surface area contributed by atoms with E-state index in [0.29, 0.717) is 30.9 Å². The first-order valence-corrected chi connectivity index (χ1v) is 6.14. The summed E-state index contributed by atoms with van der Waals surface area (Å²) in [4.78, 5) is 32.6. The van der Waals surface area contributed by atoms with Crippen molar-refractivity contribution < 1.29 is 9.53 Å². The first kappa shape index (κ1) is 13.8. The third-order valence-corrected chi connectivity index (χ3v) is 2.83. The minimum atomic E-state index is -0.630. The smallest absolute Gasteiger partial charge is 0.253 e. The molecule has 2 aromatic carbocycles. The fourth-order valence-electron chi connectivity index (χ4n) is 1.74. The van der Waals surface area contributed by atoms with Crippen LogP contribution >= 0.6 is 0 Å². The van der Waals surface area contributed by atoms with Crippen molar-refractivity contribution in [2.24, 2.45) is 0 Å². The summed E-state index contributed by atoms with van der Waals surface area (Å²) < 4.78 is 5.46. The zero-order chi connectivity index (χ0) is 14.5. The standard InChI is InChI=1S/C14H14N2O4/c15-11-12(14(19)13(11)18)16-5-2-6-20-10-4-1-3-9(7-10)8-17/h1,3-4,7-8,16H,2,5-6,15H2. The molecule has 0 aliphatic heterocycles. The van der Waals surface area contributed by atoms with Gasteiger partial charge in [0.1, 0.15) is 23.4 Å². The zero-order valence-corrected chi connectivity index (χ0v) is 10.7. The Kier molecular flexibility index (Phi) is 4.14. The number of ether oxygens (including phenoxy) is 1. The predicted octanol–water partition coefficient (Wildman–Crippen LogP) is 0.558. The normalized spacial score (nSPS) is 10.4. The molecule has 0 aliphatic carbocycles. The first-order chi connectivity index (χ1) is 9.63. The topological polar surface area (TPSA) is 98.5 Å². The second kappa shape index (κ2) is 6.01. The molecule has 6 nitrogen and oxygen atoms in total. The number of hydrogen-bond donors (Lipinski definition) is 2. The number of carbonyl (C=O) groups excluding carboxylic acids is 1. The number of nitrogen functional groups attached to an aromatic ring is 1. The van der Waals surface area contributed by atoms with E-state index >= 15 is 0 Å². The van der Waals surface area contributed by atoms with Gasteiger partial charge in [0.05, 0.1) is 6.61 Å². The molecule has 20 heavy (non-hydrogen) atoms. The van der Waals surface area contributed by atoms with Crippen molar-refractivity contribution in [1.29, 1.82) is 0 Å². The molecular formula is C14H14N2O4. The predicted molar refractivity (Wildman–Crippen MR) is 76.2 cm³/mol. The van der Waals surface area contributed by atoms with Gasteiger partial charge in [0, 0.05) is 12.1 Å². The quantitative estimate of drug-likeness (QED) is 0.435. The fourth-order valence-corrected chi connectivity index (χ4v) is 1.74. The first-order valence-electron chi connectivity index (χ1n) is 6.14. The van der Waals surface area contributed by atoms with Gasteiger partial charge >= 0.3 is 0 Å². The van der Waals surface area contributed by atoms with Crippen molar-refractivity contribution in [2.45, 2.75) is 6.42 Å². The third-order valence-electron chi connectivity index (χ3n) is 2.83. The summed E-state index contributed by atoms with van der Waals surface area (Å²) >= 11 is 0. The van der Waals surface area contributed by atoms with Gasteiger partial charge in [-0.2, -0.15) is 0 Å². The number of nitrogens with two attached hydrogens (primary N) is 1. The maximum atomic E-state index is 11.1. The zero-order valence-electron chi connectivity index (χ0n) is 10.7. The summed E-state index contributed by atoms with van der Waals surface area (Å²) in [5.41, 5.74) is 4.92. The fraction of sp³-hybridized carbons (Fsp3) is 0.214. The van der Waals surface area contributed by atoms with Crippen LogP contribution in [0.4, 0.5) is 11.4 Å². The Morgan fingerprint density at radius 3 is 2.75 bits per heavy atom. The van der Waals surface area contributed by atoms with Crippen molar-refractivity contribution in [3.05, 3.63) is 50.3 Å². The van der Waals surface area contributed by atoms with E-state index in [1.165, 1.54) is 0 Å². The molecule has 0 saturated carbocycles. The lowest BCUT2D eigenvalue weighted by Crippen LogP contribution is -2.37.